The maximum atomic E-state index is 11.6. The Balaban J connectivity index is 2.45. The van der Waals surface area contributed by atoms with Gasteiger partial charge in [0.15, 0.2) is 6.61 Å². The van der Waals surface area contributed by atoms with Crippen molar-refractivity contribution in [2.75, 3.05) is 13.2 Å². The van der Waals surface area contributed by atoms with E-state index in [1.807, 2.05) is 0 Å². The van der Waals surface area contributed by atoms with Crippen molar-refractivity contribution in [3.63, 3.8) is 0 Å². The smallest absolute Gasteiger partial charge is 0.328 e. The average Bonchev–Trinajstić information content (AvgIpc) is 2.37. The monoisotopic (exact) mass is 319 g/mol. The maximum Gasteiger partial charge on any atom is 0.328 e. The van der Waals surface area contributed by atoms with Gasteiger partial charge in [-0.25, -0.2) is 4.79 Å². The molecule has 0 saturated heterocycles. The first-order valence-corrected chi connectivity index (χ1v) is 6.73. The molecule has 1 amide bonds. The van der Waals surface area contributed by atoms with Crippen molar-refractivity contribution < 1.29 is 19.1 Å². The summed E-state index contributed by atoms with van der Waals surface area (Å²) in [5, 5.41) is 3.24. The molecule has 0 fully saturated rings. The molecule has 5 nitrogen and oxygen atoms in total. The molecule has 0 aliphatic heterocycles. The average molecular weight is 320 g/mol. The van der Waals surface area contributed by atoms with Crippen LogP contribution in [0.3, 0.4) is 0 Å². The van der Waals surface area contributed by atoms with Gasteiger partial charge in [0.05, 0.1) is 11.6 Å². The van der Waals surface area contributed by atoms with Crippen molar-refractivity contribution in [1.82, 2.24) is 5.32 Å². The fourth-order valence-electron chi connectivity index (χ4n) is 1.34. The van der Waals surface area contributed by atoms with Crippen molar-refractivity contribution in [1.29, 1.82) is 0 Å². The second kappa shape index (κ2) is 7.97. The van der Waals surface area contributed by atoms with Gasteiger partial charge < -0.3 is 14.8 Å². The minimum absolute atomic E-state index is 0.259. The van der Waals surface area contributed by atoms with E-state index < -0.39 is 17.9 Å². The van der Waals surface area contributed by atoms with Crippen LogP contribution < -0.4 is 10.1 Å². The van der Waals surface area contributed by atoms with Crippen LogP contribution in [0.5, 0.6) is 5.75 Å². The van der Waals surface area contributed by atoms with E-state index >= 15 is 0 Å². The van der Waals surface area contributed by atoms with Crippen LogP contribution in [0.25, 0.3) is 0 Å². The molecule has 0 saturated carbocycles. The van der Waals surface area contributed by atoms with Gasteiger partial charge in [0.25, 0.3) is 5.91 Å². The molecule has 110 valence electrons. The molecule has 20 heavy (non-hydrogen) atoms. The van der Waals surface area contributed by atoms with Crippen molar-refractivity contribution >= 4 is 35.1 Å². The second-order valence-electron chi connectivity index (χ2n) is 3.90. The number of amides is 1. The molecule has 0 bridgehead atoms. The third-order valence-corrected chi connectivity index (χ3v) is 2.80. The highest BCUT2D eigenvalue weighted by Gasteiger charge is 2.16. The van der Waals surface area contributed by atoms with Crippen molar-refractivity contribution in [2.45, 2.75) is 19.9 Å². The third kappa shape index (κ3) is 5.27. The summed E-state index contributed by atoms with van der Waals surface area (Å²) < 4.78 is 10.0. The molecule has 0 aliphatic carbocycles. The van der Waals surface area contributed by atoms with Crippen LogP contribution >= 0.6 is 23.2 Å². The lowest BCUT2D eigenvalue weighted by atomic mass is 10.3. The molecule has 1 rings (SSSR count). The predicted molar refractivity (Wildman–Crippen MR) is 76.2 cm³/mol. The van der Waals surface area contributed by atoms with Gasteiger partial charge in [0.2, 0.25) is 0 Å². The maximum absolute atomic E-state index is 11.6. The summed E-state index contributed by atoms with van der Waals surface area (Å²) in [4.78, 5) is 22.9. The Kier molecular flexibility index (Phi) is 6.61. The zero-order valence-corrected chi connectivity index (χ0v) is 12.6. The number of hydrogen-bond acceptors (Lipinski definition) is 4. The van der Waals surface area contributed by atoms with Crippen LogP contribution in [-0.2, 0) is 14.3 Å². The first-order valence-electron chi connectivity index (χ1n) is 5.98. The lowest BCUT2D eigenvalue weighted by molar-refractivity contribution is -0.147. The standard InChI is InChI=1S/C13H15Cl2NO4/c1-3-19-13(18)8(2)16-12(17)7-20-11-5-4-9(14)6-10(11)15/h4-6,8H,3,7H2,1-2H3,(H,16,17). The van der Waals surface area contributed by atoms with Gasteiger partial charge in [-0.1, -0.05) is 23.2 Å². The number of halogens is 2. The fraction of sp³-hybridized carbons (Fsp3) is 0.385. The summed E-state index contributed by atoms with van der Waals surface area (Å²) in [6.45, 7) is 3.23. The first kappa shape index (κ1) is 16.6. The largest absolute Gasteiger partial charge is 0.482 e. The van der Waals surface area contributed by atoms with E-state index in [1.54, 1.807) is 19.1 Å². The van der Waals surface area contributed by atoms with Crippen LogP contribution in [0.2, 0.25) is 10.0 Å². The minimum Gasteiger partial charge on any atom is -0.482 e. The predicted octanol–water partition coefficient (Wildman–Crippen LogP) is 2.44. The highest BCUT2D eigenvalue weighted by molar-refractivity contribution is 6.35. The Morgan fingerprint density at radius 1 is 1.35 bits per heavy atom. The number of rotatable bonds is 6. The summed E-state index contributed by atoms with van der Waals surface area (Å²) in [7, 11) is 0. The topological polar surface area (TPSA) is 64.6 Å². The lowest BCUT2D eigenvalue weighted by Gasteiger charge is -2.13. The van der Waals surface area contributed by atoms with Crippen LogP contribution in [-0.4, -0.2) is 31.1 Å². The zero-order valence-electron chi connectivity index (χ0n) is 11.1. The van der Waals surface area contributed by atoms with Crippen LogP contribution in [0.4, 0.5) is 0 Å². The molecule has 0 radical (unpaired) electrons. The number of benzene rings is 1. The van der Waals surface area contributed by atoms with E-state index in [-0.39, 0.29) is 13.2 Å². The van der Waals surface area contributed by atoms with E-state index in [2.05, 4.69) is 5.32 Å². The summed E-state index contributed by atoms with van der Waals surface area (Å²) in [6.07, 6.45) is 0. The molecule has 1 aromatic carbocycles. The highest BCUT2D eigenvalue weighted by atomic mass is 35.5. The van der Waals surface area contributed by atoms with Gasteiger partial charge >= 0.3 is 5.97 Å². The lowest BCUT2D eigenvalue weighted by Crippen LogP contribution is -2.41. The van der Waals surface area contributed by atoms with Crippen LogP contribution in [0.15, 0.2) is 18.2 Å². The van der Waals surface area contributed by atoms with Crippen LogP contribution in [0.1, 0.15) is 13.8 Å². The summed E-state index contributed by atoms with van der Waals surface area (Å²) in [5.41, 5.74) is 0. The Morgan fingerprint density at radius 2 is 2.05 bits per heavy atom. The van der Waals surface area contributed by atoms with Crippen LogP contribution in [0, 0.1) is 0 Å². The normalized spacial score (nSPS) is 11.6. The Labute approximate surface area is 127 Å². The van der Waals surface area contributed by atoms with E-state index in [4.69, 9.17) is 32.7 Å². The van der Waals surface area contributed by atoms with E-state index in [0.717, 1.165) is 0 Å². The van der Waals surface area contributed by atoms with Gasteiger partial charge in [0, 0.05) is 5.02 Å². The third-order valence-electron chi connectivity index (χ3n) is 2.27. The quantitative estimate of drug-likeness (QED) is 0.818. The summed E-state index contributed by atoms with van der Waals surface area (Å²) in [6, 6.07) is 3.94. The molecule has 0 aliphatic rings. The van der Waals surface area contributed by atoms with Crippen molar-refractivity contribution in [3.05, 3.63) is 28.2 Å². The minimum atomic E-state index is -0.730. The second-order valence-corrected chi connectivity index (χ2v) is 4.75. The highest BCUT2D eigenvalue weighted by Crippen LogP contribution is 2.27. The fourth-order valence-corrected chi connectivity index (χ4v) is 1.81. The van der Waals surface area contributed by atoms with Gasteiger partial charge in [-0.05, 0) is 32.0 Å². The number of carbonyl (C=O) groups excluding carboxylic acids is 2. The molecule has 0 heterocycles. The molecule has 1 unspecified atom stereocenters. The van der Waals surface area contributed by atoms with E-state index in [0.29, 0.717) is 15.8 Å². The van der Waals surface area contributed by atoms with Gasteiger partial charge in [-0.2, -0.15) is 0 Å². The number of ether oxygens (including phenoxy) is 2. The molecule has 1 aromatic rings. The molecule has 1 N–H and O–H groups in total. The van der Waals surface area contributed by atoms with E-state index in [1.165, 1.54) is 13.0 Å². The Hall–Kier alpha value is -1.46. The van der Waals surface area contributed by atoms with Crippen molar-refractivity contribution in [2.24, 2.45) is 0 Å². The first-order chi connectivity index (χ1) is 9.43. The Morgan fingerprint density at radius 3 is 2.65 bits per heavy atom. The molecule has 1 atom stereocenters. The number of nitrogens with one attached hydrogen (secondary N) is 1. The molecular formula is C13H15Cl2NO4. The van der Waals surface area contributed by atoms with Gasteiger partial charge in [-0.3, -0.25) is 4.79 Å². The van der Waals surface area contributed by atoms with Crippen molar-refractivity contribution in [3.8, 4) is 5.75 Å². The van der Waals surface area contributed by atoms with Gasteiger partial charge in [-0.15, -0.1) is 0 Å². The molecule has 0 aromatic heterocycles. The number of carbonyl (C=O) groups is 2. The molecular weight excluding hydrogens is 305 g/mol. The zero-order chi connectivity index (χ0) is 15.1. The summed E-state index contributed by atoms with van der Waals surface area (Å²) >= 11 is 11.6. The summed E-state index contributed by atoms with van der Waals surface area (Å²) in [5.74, 6) is -0.600. The molecule has 7 heteroatoms. The number of hydrogen-bond donors (Lipinski definition) is 1. The molecule has 0 spiro atoms. The Bertz CT molecular complexity index is 493. The SMILES string of the molecule is CCOC(=O)C(C)NC(=O)COc1ccc(Cl)cc1Cl. The van der Waals surface area contributed by atoms with Gasteiger partial charge in [0.1, 0.15) is 11.8 Å². The van der Waals surface area contributed by atoms with E-state index in [9.17, 15) is 9.59 Å². The number of esters is 1.